The molecule has 2 aliphatic rings. The molecule has 1 aliphatic heterocycles. The normalized spacial score (nSPS) is 31.2. The molecule has 0 radical (unpaired) electrons. The lowest BCUT2D eigenvalue weighted by atomic mass is 9.95. The van der Waals surface area contributed by atoms with Crippen molar-refractivity contribution in [1.82, 2.24) is 0 Å². The fourth-order valence-electron chi connectivity index (χ4n) is 4.35. The molecule has 1 heterocycles. The van der Waals surface area contributed by atoms with Crippen LogP contribution in [0.25, 0.3) is 10.4 Å². The highest BCUT2D eigenvalue weighted by molar-refractivity contribution is 5.20. The number of hydrogen-bond donors (Lipinski definition) is 1. The molecule has 2 aromatic rings. The largest absolute Gasteiger partial charge is 0.390 e. The number of nitrogens with zero attached hydrogens (tertiary/aromatic N) is 3. The summed E-state index contributed by atoms with van der Waals surface area (Å²) >= 11 is 0. The van der Waals surface area contributed by atoms with Gasteiger partial charge in [0.15, 0.2) is 5.79 Å². The maximum absolute atomic E-state index is 11.0. The molecule has 1 N–H and O–H groups in total. The van der Waals surface area contributed by atoms with Crippen LogP contribution in [0.5, 0.6) is 0 Å². The van der Waals surface area contributed by atoms with Crippen molar-refractivity contribution >= 4 is 0 Å². The topological polar surface area (TPSA) is 106 Å². The van der Waals surface area contributed by atoms with Crippen molar-refractivity contribution in [2.45, 2.75) is 62.8 Å². The summed E-state index contributed by atoms with van der Waals surface area (Å²) in [6, 6.07) is 18.5. The lowest BCUT2D eigenvalue weighted by Crippen LogP contribution is -2.54. The first-order valence-corrected chi connectivity index (χ1v) is 10.3. The summed E-state index contributed by atoms with van der Waals surface area (Å²) in [5, 5.41) is 14.9. The van der Waals surface area contributed by atoms with Crippen LogP contribution >= 0.6 is 0 Å². The Kier molecular flexibility index (Phi) is 6.29. The first-order chi connectivity index (χ1) is 15.0. The van der Waals surface area contributed by atoms with Crippen molar-refractivity contribution in [3.05, 3.63) is 82.2 Å². The molecule has 0 aromatic heterocycles. The third kappa shape index (κ3) is 4.45. The molecule has 164 valence electrons. The number of hydrogen-bond acceptors (Lipinski definition) is 6. The first-order valence-electron chi connectivity index (χ1n) is 10.3. The standard InChI is InChI=1S/C23H27N3O5/c1-22(2)30-19-18(27)20(25-26-24)23(21(19)31-22,29-14-17-11-7-4-8-12-17)15-28-13-16-9-5-3-6-10-16/h3-12,18-21,27H,13-15H2,1-2H3/t18-,19+,20-,21+,23+/m1/s1. The fourth-order valence-corrected chi connectivity index (χ4v) is 4.35. The zero-order valence-electron chi connectivity index (χ0n) is 17.6. The van der Waals surface area contributed by atoms with Crippen LogP contribution in [-0.4, -0.2) is 47.5 Å². The monoisotopic (exact) mass is 425 g/mol. The van der Waals surface area contributed by atoms with Gasteiger partial charge >= 0.3 is 0 Å². The molecular weight excluding hydrogens is 398 g/mol. The fraction of sp³-hybridized carbons (Fsp3) is 0.478. The van der Waals surface area contributed by atoms with Crippen LogP contribution in [0, 0.1) is 0 Å². The number of benzene rings is 2. The predicted octanol–water partition coefficient (Wildman–Crippen LogP) is 3.73. The van der Waals surface area contributed by atoms with Gasteiger partial charge in [-0.3, -0.25) is 0 Å². The van der Waals surface area contributed by atoms with Crippen molar-refractivity contribution < 1.29 is 24.1 Å². The minimum atomic E-state index is -1.21. The summed E-state index contributed by atoms with van der Waals surface area (Å²) in [5.74, 6) is -0.904. The van der Waals surface area contributed by atoms with Crippen LogP contribution in [0.1, 0.15) is 25.0 Å². The Morgan fingerprint density at radius 1 is 1.00 bits per heavy atom. The average molecular weight is 425 g/mol. The summed E-state index contributed by atoms with van der Waals surface area (Å²) in [5.41, 5.74) is 9.93. The minimum absolute atomic E-state index is 0.0656. The smallest absolute Gasteiger partial charge is 0.164 e. The highest BCUT2D eigenvalue weighted by Gasteiger charge is 2.67. The molecule has 1 saturated carbocycles. The number of azide groups is 1. The Morgan fingerprint density at radius 2 is 1.61 bits per heavy atom. The average Bonchev–Trinajstić information content (AvgIpc) is 3.20. The maximum Gasteiger partial charge on any atom is 0.164 e. The lowest BCUT2D eigenvalue weighted by Gasteiger charge is -2.38. The molecule has 1 aliphatic carbocycles. The van der Waals surface area contributed by atoms with Gasteiger partial charge in [0.05, 0.1) is 32.0 Å². The van der Waals surface area contributed by atoms with E-state index < -0.39 is 35.7 Å². The van der Waals surface area contributed by atoms with Crippen molar-refractivity contribution in [2.75, 3.05) is 6.61 Å². The van der Waals surface area contributed by atoms with Gasteiger partial charge in [0, 0.05) is 4.91 Å². The molecule has 8 heteroatoms. The van der Waals surface area contributed by atoms with E-state index in [4.69, 9.17) is 18.9 Å². The van der Waals surface area contributed by atoms with Gasteiger partial charge in [-0.25, -0.2) is 0 Å². The third-order valence-electron chi connectivity index (χ3n) is 5.74. The van der Waals surface area contributed by atoms with Gasteiger partial charge in [0.2, 0.25) is 0 Å². The first kappa shape index (κ1) is 21.8. The maximum atomic E-state index is 11.0. The zero-order chi connectivity index (χ0) is 21.9. The number of aliphatic hydroxyl groups is 1. The SMILES string of the molecule is CC1(C)O[C@H]2[C@@H](O)[C@@H](N=[N+]=[N-])[C@](COCc3ccccc3)(OCc3ccccc3)[C@H]2O1. The van der Waals surface area contributed by atoms with E-state index in [1.54, 1.807) is 13.8 Å². The quantitative estimate of drug-likeness (QED) is 0.394. The summed E-state index contributed by atoms with van der Waals surface area (Å²) in [6.45, 7) is 4.22. The molecule has 0 spiro atoms. The Hall–Kier alpha value is -2.45. The van der Waals surface area contributed by atoms with E-state index in [0.717, 1.165) is 11.1 Å². The van der Waals surface area contributed by atoms with E-state index in [1.807, 2.05) is 60.7 Å². The second-order valence-corrected chi connectivity index (χ2v) is 8.37. The molecule has 2 fully saturated rings. The Labute approximate surface area is 181 Å². The van der Waals surface area contributed by atoms with Crippen molar-refractivity contribution in [3.8, 4) is 0 Å². The summed E-state index contributed by atoms with van der Waals surface area (Å²) in [4.78, 5) is 2.97. The number of rotatable bonds is 8. The second-order valence-electron chi connectivity index (χ2n) is 8.37. The van der Waals surface area contributed by atoms with Crippen LogP contribution in [0.3, 0.4) is 0 Å². The molecule has 8 nitrogen and oxygen atoms in total. The molecule has 1 saturated heterocycles. The van der Waals surface area contributed by atoms with E-state index in [1.165, 1.54) is 0 Å². The van der Waals surface area contributed by atoms with E-state index in [0.29, 0.717) is 6.61 Å². The van der Waals surface area contributed by atoms with E-state index in [9.17, 15) is 10.6 Å². The van der Waals surface area contributed by atoms with Crippen molar-refractivity contribution in [3.63, 3.8) is 0 Å². The highest BCUT2D eigenvalue weighted by atomic mass is 16.8. The Morgan fingerprint density at radius 3 is 2.23 bits per heavy atom. The van der Waals surface area contributed by atoms with Crippen LogP contribution < -0.4 is 0 Å². The molecule has 0 bridgehead atoms. The second kappa shape index (κ2) is 8.96. The van der Waals surface area contributed by atoms with Crippen molar-refractivity contribution in [2.24, 2.45) is 5.11 Å². The van der Waals surface area contributed by atoms with E-state index in [2.05, 4.69) is 10.0 Å². The molecule has 5 atom stereocenters. The van der Waals surface area contributed by atoms with Gasteiger partial charge in [0.25, 0.3) is 0 Å². The summed E-state index contributed by atoms with van der Waals surface area (Å²) < 4.78 is 24.5. The number of fused-ring (bicyclic) bond motifs is 1. The van der Waals surface area contributed by atoms with Gasteiger partial charge < -0.3 is 24.1 Å². The molecule has 0 unspecified atom stereocenters. The molecule has 2 aromatic carbocycles. The third-order valence-corrected chi connectivity index (χ3v) is 5.74. The van der Waals surface area contributed by atoms with E-state index in [-0.39, 0.29) is 13.2 Å². The number of ether oxygens (including phenoxy) is 4. The van der Waals surface area contributed by atoms with Gasteiger partial charge in [-0.05, 0) is 30.5 Å². The lowest BCUT2D eigenvalue weighted by molar-refractivity contribution is -0.217. The van der Waals surface area contributed by atoms with Crippen molar-refractivity contribution in [1.29, 1.82) is 0 Å². The summed E-state index contributed by atoms with van der Waals surface area (Å²) in [7, 11) is 0. The molecule has 4 rings (SSSR count). The van der Waals surface area contributed by atoms with Gasteiger partial charge in [-0.15, -0.1) is 0 Å². The Balaban J connectivity index is 1.63. The zero-order valence-corrected chi connectivity index (χ0v) is 17.6. The molecule has 0 amide bonds. The molecule has 31 heavy (non-hydrogen) atoms. The minimum Gasteiger partial charge on any atom is -0.390 e. The Bertz CT molecular complexity index is 919. The van der Waals surface area contributed by atoms with Gasteiger partial charge in [0.1, 0.15) is 17.8 Å². The highest BCUT2D eigenvalue weighted by Crippen LogP contribution is 2.48. The van der Waals surface area contributed by atoms with Gasteiger partial charge in [-0.2, -0.15) is 0 Å². The number of aliphatic hydroxyl groups excluding tert-OH is 1. The van der Waals surface area contributed by atoms with Crippen LogP contribution in [0.2, 0.25) is 0 Å². The van der Waals surface area contributed by atoms with Crippen LogP contribution in [0.4, 0.5) is 0 Å². The summed E-state index contributed by atoms with van der Waals surface area (Å²) in [6.07, 6.45) is -2.44. The molecular formula is C23H27N3O5. The van der Waals surface area contributed by atoms with Crippen LogP contribution in [-0.2, 0) is 32.2 Å². The van der Waals surface area contributed by atoms with E-state index >= 15 is 0 Å². The van der Waals surface area contributed by atoms with Crippen LogP contribution in [0.15, 0.2) is 65.8 Å². The van der Waals surface area contributed by atoms with Gasteiger partial charge in [-0.1, -0.05) is 65.8 Å². The predicted molar refractivity (Wildman–Crippen MR) is 113 cm³/mol.